The van der Waals surface area contributed by atoms with Crippen LogP contribution >= 0.6 is 11.8 Å². The Labute approximate surface area is 151 Å². The molecule has 0 aliphatic carbocycles. The molecule has 0 fully saturated rings. The van der Waals surface area contributed by atoms with Crippen LogP contribution in [-0.2, 0) is 17.9 Å². The fourth-order valence-corrected chi connectivity index (χ4v) is 2.61. The summed E-state index contributed by atoms with van der Waals surface area (Å²) in [7, 11) is 1.81. The molecule has 1 rings (SSSR count). The second-order valence-electron chi connectivity index (χ2n) is 6.77. The van der Waals surface area contributed by atoms with Crippen molar-refractivity contribution in [2.75, 3.05) is 25.6 Å². The summed E-state index contributed by atoms with van der Waals surface area (Å²) in [6.45, 7) is 8.58. The van der Waals surface area contributed by atoms with Gasteiger partial charge in [0, 0.05) is 20.1 Å². The summed E-state index contributed by atoms with van der Waals surface area (Å²) in [5.74, 6) is 2.08. The first-order valence-electron chi connectivity index (χ1n) is 8.60. The topological polar surface area (TPSA) is 45.7 Å². The molecule has 0 aromatic heterocycles. The second kappa shape index (κ2) is 11.4. The lowest BCUT2D eigenvalue weighted by atomic mass is 10.1. The molecule has 4 nitrogen and oxygen atoms in total. The van der Waals surface area contributed by atoms with Gasteiger partial charge in [-0.25, -0.2) is 0 Å². The third kappa shape index (κ3) is 9.83. The molecule has 0 radical (unpaired) electrons. The predicted molar refractivity (Wildman–Crippen MR) is 107 cm³/mol. The van der Waals surface area contributed by atoms with Crippen molar-refractivity contribution in [3.63, 3.8) is 0 Å². The molecule has 5 heteroatoms. The van der Waals surface area contributed by atoms with Crippen LogP contribution in [0, 0.1) is 0 Å². The summed E-state index contributed by atoms with van der Waals surface area (Å²) >= 11 is 1.90. The molecular formula is C19H33N3OS. The molecule has 0 aliphatic heterocycles. The highest BCUT2D eigenvalue weighted by Crippen LogP contribution is 2.13. The molecule has 0 spiro atoms. The molecule has 24 heavy (non-hydrogen) atoms. The SMILES string of the molecule is CN=C(NCCCCSC)NCc1cccc(COC(C)(C)C)c1. The fourth-order valence-electron chi connectivity index (χ4n) is 2.11. The van der Waals surface area contributed by atoms with Crippen molar-refractivity contribution in [1.82, 2.24) is 10.6 Å². The zero-order chi connectivity index (χ0) is 17.8. The minimum Gasteiger partial charge on any atom is -0.371 e. The number of unbranched alkanes of at least 4 members (excludes halogenated alkanes) is 1. The Bertz CT molecular complexity index is 498. The quantitative estimate of drug-likeness (QED) is 0.403. The van der Waals surface area contributed by atoms with Crippen molar-refractivity contribution in [2.24, 2.45) is 4.99 Å². The van der Waals surface area contributed by atoms with Crippen LogP contribution in [0.15, 0.2) is 29.3 Å². The first-order valence-corrected chi connectivity index (χ1v) is 9.99. The van der Waals surface area contributed by atoms with E-state index in [0.29, 0.717) is 6.61 Å². The number of nitrogens with zero attached hydrogens (tertiary/aromatic N) is 1. The van der Waals surface area contributed by atoms with Gasteiger partial charge >= 0.3 is 0 Å². The van der Waals surface area contributed by atoms with Crippen LogP contribution in [0.5, 0.6) is 0 Å². The molecule has 1 aromatic rings. The summed E-state index contributed by atoms with van der Waals surface area (Å²) in [5, 5.41) is 6.73. The fraction of sp³-hybridized carbons (Fsp3) is 0.632. The van der Waals surface area contributed by atoms with Crippen molar-refractivity contribution in [3.8, 4) is 0 Å². The van der Waals surface area contributed by atoms with Gasteiger partial charge in [-0.15, -0.1) is 0 Å². The molecule has 0 aliphatic rings. The Balaban J connectivity index is 2.39. The Morgan fingerprint density at radius 2 is 1.92 bits per heavy atom. The Morgan fingerprint density at radius 1 is 1.17 bits per heavy atom. The van der Waals surface area contributed by atoms with Crippen molar-refractivity contribution in [2.45, 2.75) is 52.4 Å². The normalized spacial score (nSPS) is 12.3. The molecule has 0 atom stereocenters. The number of hydrogen-bond donors (Lipinski definition) is 2. The van der Waals surface area contributed by atoms with Crippen molar-refractivity contribution in [3.05, 3.63) is 35.4 Å². The summed E-state index contributed by atoms with van der Waals surface area (Å²) in [6, 6.07) is 8.49. The zero-order valence-electron chi connectivity index (χ0n) is 15.8. The zero-order valence-corrected chi connectivity index (χ0v) is 16.6. The van der Waals surface area contributed by atoms with Gasteiger partial charge in [0.15, 0.2) is 5.96 Å². The van der Waals surface area contributed by atoms with Crippen molar-refractivity contribution < 1.29 is 4.74 Å². The molecule has 0 saturated heterocycles. The Hall–Kier alpha value is -1.20. The number of aliphatic imine (C=N–C) groups is 1. The van der Waals surface area contributed by atoms with Gasteiger partial charge in [-0.2, -0.15) is 11.8 Å². The van der Waals surface area contributed by atoms with Gasteiger partial charge in [0.25, 0.3) is 0 Å². The third-order valence-electron chi connectivity index (χ3n) is 3.41. The second-order valence-corrected chi connectivity index (χ2v) is 7.76. The molecular weight excluding hydrogens is 318 g/mol. The molecule has 0 bridgehead atoms. The standard InChI is InChI=1S/C19H33N3OS/c1-19(2,3)23-15-17-10-8-9-16(13-17)14-22-18(20-4)21-11-6-7-12-24-5/h8-10,13H,6-7,11-12,14-15H2,1-5H3,(H2,20,21,22). The number of hydrogen-bond acceptors (Lipinski definition) is 3. The molecule has 1 aromatic carbocycles. The first kappa shape index (κ1) is 20.8. The number of nitrogens with one attached hydrogen (secondary N) is 2. The highest BCUT2D eigenvalue weighted by molar-refractivity contribution is 7.98. The van der Waals surface area contributed by atoms with E-state index in [0.717, 1.165) is 19.0 Å². The van der Waals surface area contributed by atoms with Gasteiger partial charge in [0.2, 0.25) is 0 Å². The third-order valence-corrected chi connectivity index (χ3v) is 4.11. The molecule has 0 heterocycles. The molecule has 136 valence electrons. The van der Waals surface area contributed by atoms with Crippen molar-refractivity contribution >= 4 is 17.7 Å². The molecule has 2 N–H and O–H groups in total. The van der Waals surface area contributed by atoms with Crippen LogP contribution in [0.1, 0.15) is 44.7 Å². The molecule has 0 amide bonds. The van der Waals surface area contributed by atoms with Gasteiger partial charge in [-0.3, -0.25) is 4.99 Å². The van der Waals surface area contributed by atoms with Gasteiger partial charge < -0.3 is 15.4 Å². The highest BCUT2D eigenvalue weighted by atomic mass is 32.2. The van der Waals surface area contributed by atoms with E-state index in [2.05, 4.69) is 66.9 Å². The van der Waals surface area contributed by atoms with E-state index in [9.17, 15) is 0 Å². The summed E-state index contributed by atoms with van der Waals surface area (Å²) in [5.41, 5.74) is 2.32. The maximum atomic E-state index is 5.84. The molecule has 0 unspecified atom stereocenters. The largest absolute Gasteiger partial charge is 0.371 e. The number of ether oxygens (including phenoxy) is 1. The highest BCUT2D eigenvalue weighted by Gasteiger charge is 2.10. The lowest BCUT2D eigenvalue weighted by Gasteiger charge is -2.19. The maximum Gasteiger partial charge on any atom is 0.191 e. The monoisotopic (exact) mass is 351 g/mol. The summed E-state index contributed by atoms with van der Waals surface area (Å²) < 4.78 is 5.84. The van der Waals surface area contributed by atoms with Crippen LogP contribution in [0.2, 0.25) is 0 Å². The van der Waals surface area contributed by atoms with E-state index in [4.69, 9.17) is 4.74 Å². The van der Waals surface area contributed by atoms with Crippen LogP contribution in [0.4, 0.5) is 0 Å². The minimum absolute atomic E-state index is 0.115. The number of benzene rings is 1. The lowest BCUT2D eigenvalue weighted by molar-refractivity contribution is -0.0149. The Morgan fingerprint density at radius 3 is 2.58 bits per heavy atom. The van der Waals surface area contributed by atoms with E-state index in [1.54, 1.807) is 0 Å². The van der Waals surface area contributed by atoms with Gasteiger partial charge in [0.05, 0.1) is 12.2 Å². The van der Waals surface area contributed by atoms with Gasteiger partial charge in [-0.1, -0.05) is 24.3 Å². The summed E-state index contributed by atoms with van der Waals surface area (Å²) in [4.78, 5) is 4.28. The van der Waals surface area contributed by atoms with E-state index in [-0.39, 0.29) is 5.60 Å². The number of rotatable bonds is 9. The van der Waals surface area contributed by atoms with E-state index in [1.165, 1.54) is 29.7 Å². The first-order chi connectivity index (χ1) is 11.4. The summed E-state index contributed by atoms with van der Waals surface area (Å²) in [6.07, 6.45) is 4.55. The maximum absolute atomic E-state index is 5.84. The van der Waals surface area contributed by atoms with Crippen LogP contribution < -0.4 is 10.6 Å². The Kier molecular flexibility index (Phi) is 9.88. The lowest BCUT2D eigenvalue weighted by Crippen LogP contribution is -2.37. The minimum atomic E-state index is -0.115. The van der Waals surface area contributed by atoms with Gasteiger partial charge in [0.1, 0.15) is 0 Å². The average Bonchev–Trinajstić information content (AvgIpc) is 2.55. The number of guanidine groups is 1. The predicted octanol–water partition coefficient (Wildman–Crippen LogP) is 3.81. The molecule has 0 saturated carbocycles. The van der Waals surface area contributed by atoms with Crippen LogP contribution in [0.3, 0.4) is 0 Å². The van der Waals surface area contributed by atoms with E-state index in [1.807, 2.05) is 18.8 Å². The smallest absolute Gasteiger partial charge is 0.191 e. The van der Waals surface area contributed by atoms with E-state index < -0.39 is 0 Å². The van der Waals surface area contributed by atoms with Crippen LogP contribution in [-0.4, -0.2) is 37.2 Å². The van der Waals surface area contributed by atoms with Crippen molar-refractivity contribution in [1.29, 1.82) is 0 Å². The van der Waals surface area contributed by atoms with Gasteiger partial charge in [-0.05, 0) is 56.7 Å². The average molecular weight is 352 g/mol. The van der Waals surface area contributed by atoms with E-state index >= 15 is 0 Å². The number of thioether (sulfide) groups is 1. The van der Waals surface area contributed by atoms with Crippen LogP contribution in [0.25, 0.3) is 0 Å².